The molecule has 0 spiro atoms. The highest BCUT2D eigenvalue weighted by Crippen LogP contribution is 2.15. The Morgan fingerprint density at radius 2 is 1.95 bits per heavy atom. The van der Waals surface area contributed by atoms with Crippen LogP contribution >= 0.6 is 0 Å². The largest absolute Gasteiger partial charge is 0.450 e. The summed E-state index contributed by atoms with van der Waals surface area (Å²) in [6, 6.07) is 10.0. The Bertz CT molecular complexity index is 428. The van der Waals surface area contributed by atoms with E-state index in [1.54, 1.807) is 0 Å². The first-order valence-corrected chi connectivity index (χ1v) is 10.5. The molecule has 0 aromatic heterocycles. The molecule has 1 rings (SSSR count). The summed E-state index contributed by atoms with van der Waals surface area (Å²) < 4.78 is 5.19. The second-order valence-corrected chi connectivity index (χ2v) is 11.6. The quantitative estimate of drug-likeness (QED) is 0.619. The van der Waals surface area contributed by atoms with Crippen LogP contribution in [-0.4, -0.2) is 27.1 Å². The van der Waals surface area contributed by atoms with E-state index in [0.29, 0.717) is 6.61 Å². The number of ether oxygens (including phenoxy) is 1. The monoisotopic (exact) mass is 293 g/mol. The Morgan fingerprint density at radius 1 is 1.30 bits per heavy atom. The van der Waals surface area contributed by atoms with Crippen LogP contribution in [0.5, 0.6) is 0 Å². The van der Waals surface area contributed by atoms with Crippen molar-refractivity contribution in [2.75, 3.05) is 6.61 Å². The normalized spacial score (nSPS) is 12.6. The predicted octanol–water partition coefficient (Wildman–Crippen LogP) is 3.38. The lowest BCUT2D eigenvalue weighted by molar-refractivity contribution is -0.108. The molecule has 5 heteroatoms. The van der Waals surface area contributed by atoms with Gasteiger partial charge < -0.3 is 14.8 Å². The fraction of sp³-hybridized carbons (Fsp3) is 0.467. The molecule has 4 nitrogen and oxygen atoms in total. The molecule has 0 unspecified atom stereocenters. The molecular weight excluding hydrogens is 270 g/mol. The standard InChI is InChI=1S/C15H23NO3Si/c1-20(2,3)12-11-19-15(18)16-14(9-10-17)13-7-5-4-6-8-13/h4-8,10,14H,9,11-12H2,1-3H3,(H,16,18)/t14-/m0/s1. The lowest BCUT2D eigenvalue weighted by atomic mass is 10.1. The first-order chi connectivity index (χ1) is 9.42. The number of aldehydes is 1. The summed E-state index contributed by atoms with van der Waals surface area (Å²) >= 11 is 0. The molecule has 0 fully saturated rings. The first-order valence-electron chi connectivity index (χ1n) is 6.84. The SMILES string of the molecule is C[Si](C)(C)CCOC(=O)N[C@@H](CC=O)c1ccccc1. The highest BCUT2D eigenvalue weighted by atomic mass is 28.3. The second kappa shape index (κ2) is 7.84. The molecule has 1 amide bonds. The van der Waals surface area contributed by atoms with Gasteiger partial charge >= 0.3 is 6.09 Å². The molecule has 0 radical (unpaired) electrons. The van der Waals surface area contributed by atoms with E-state index in [-0.39, 0.29) is 12.5 Å². The maximum Gasteiger partial charge on any atom is 0.407 e. The van der Waals surface area contributed by atoms with E-state index in [1.807, 2.05) is 30.3 Å². The van der Waals surface area contributed by atoms with Crippen molar-refractivity contribution >= 4 is 20.5 Å². The van der Waals surface area contributed by atoms with Crippen molar-refractivity contribution in [1.29, 1.82) is 0 Å². The molecular formula is C15H23NO3Si. The van der Waals surface area contributed by atoms with Gasteiger partial charge in [-0.1, -0.05) is 50.0 Å². The molecule has 1 atom stereocenters. The minimum absolute atomic E-state index is 0.243. The molecule has 0 saturated heterocycles. The van der Waals surface area contributed by atoms with E-state index in [1.165, 1.54) is 0 Å². The van der Waals surface area contributed by atoms with Crippen LogP contribution in [0, 0.1) is 0 Å². The van der Waals surface area contributed by atoms with Crippen molar-refractivity contribution in [3.05, 3.63) is 35.9 Å². The summed E-state index contributed by atoms with van der Waals surface area (Å²) in [5, 5.41) is 2.74. The number of amides is 1. The van der Waals surface area contributed by atoms with Crippen LogP contribution in [0.1, 0.15) is 18.0 Å². The van der Waals surface area contributed by atoms with E-state index >= 15 is 0 Å². The molecule has 0 saturated carbocycles. The third-order valence-electron chi connectivity index (χ3n) is 2.91. The smallest absolute Gasteiger partial charge is 0.407 e. The Morgan fingerprint density at radius 3 is 2.50 bits per heavy atom. The van der Waals surface area contributed by atoms with Crippen LogP contribution in [0.2, 0.25) is 25.7 Å². The van der Waals surface area contributed by atoms with Gasteiger partial charge in [0.15, 0.2) is 0 Å². The number of nitrogens with one attached hydrogen (secondary N) is 1. The number of hydrogen-bond acceptors (Lipinski definition) is 3. The molecule has 0 heterocycles. The lowest BCUT2D eigenvalue weighted by Crippen LogP contribution is -2.31. The van der Waals surface area contributed by atoms with Crippen molar-refractivity contribution in [3.8, 4) is 0 Å². The molecule has 20 heavy (non-hydrogen) atoms. The van der Waals surface area contributed by atoms with Crippen molar-refractivity contribution in [3.63, 3.8) is 0 Å². The highest BCUT2D eigenvalue weighted by Gasteiger charge is 2.17. The number of benzene rings is 1. The van der Waals surface area contributed by atoms with E-state index in [2.05, 4.69) is 25.0 Å². The van der Waals surface area contributed by atoms with Gasteiger partial charge in [0.25, 0.3) is 0 Å². The lowest BCUT2D eigenvalue weighted by Gasteiger charge is -2.18. The van der Waals surface area contributed by atoms with Gasteiger partial charge in [0.05, 0.1) is 12.6 Å². The molecule has 0 aliphatic heterocycles. The maximum atomic E-state index is 11.8. The predicted molar refractivity (Wildman–Crippen MR) is 82.5 cm³/mol. The van der Waals surface area contributed by atoms with Gasteiger partial charge in [-0.3, -0.25) is 0 Å². The molecule has 1 aromatic rings. The number of hydrogen-bond donors (Lipinski definition) is 1. The summed E-state index contributed by atoms with van der Waals surface area (Å²) in [4.78, 5) is 22.5. The average Bonchev–Trinajstić information content (AvgIpc) is 2.38. The number of rotatable bonds is 7. The van der Waals surface area contributed by atoms with E-state index in [4.69, 9.17) is 4.74 Å². The molecule has 110 valence electrons. The van der Waals surface area contributed by atoms with Crippen LogP contribution in [0.3, 0.4) is 0 Å². The molecule has 0 aliphatic rings. The van der Waals surface area contributed by atoms with Gasteiger partial charge in [0, 0.05) is 14.5 Å². The summed E-state index contributed by atoms with van der Waals surface area (Å²) in [5.41, 5.74) is 0.904. The van der Waals surface area contributed by atoms with E-state index < -0.39 is 14.2 Å². The van der Waals surface area contributed by atoms with E-state index in [0.717, 1.165) is 17.9 Å². The van der Waals surface area contributed by atoms with Gasteiger partial charge in [-0.2, -0.15) is 0 Å². The minimum Gasteiger partial charge on any atom is -0.450 e. The Kier molecular flexibility index (Phi) is 6.44. The summed E-state index contributed by atoms with van der Waals surface area (Å²) in [6.07, 6.45) is 0.589. The molecule has 0 bridgehead atoms. The summed E-state index contributed by atoms with van der Waals surface area (Å²) in [7, 11) is -1.20. The van der Waals surface area contributed by atoms with Crippen LogP contribution in [-0.2, 0) is 9.53 Å². The van der Waals surface area contributed by atoms with Crippen LogP contribution in [0.4, 0.5) is 4.79 Å². The highest BCUT2D eigenvalue weighted by molar-refractivity contribution is 6.76. The first kappa shape index (κ1) is 16.4. The van der Waals surface area contributed by atoms with Gasteiger partial charge in [-0.15, -0.1) is 0 Å². The van der Waals surface area contributed by atoms with Crippen LogP contribution in [0.15, 0.2) is 30.3 Å². The van der Waals surface area contributed by atoms with Crippen molar-refractivity contribution < 1.29 is 14.3 Å². The molecule has 1 N–H and O–H groups in total. The van der Waals surface area contributed by atoms with Crippen LogP contribution < -0.4 is 5.32 Å². The Hall–Kier alpha value is -1.62. The summed E-state index contributed by atoms with van der Waals surface area (Å²) in [5.74, 6) is 0. The molecule has 1 aromatic carbocycles. The fourth-order valence-corrected chi connectivity index (χ4v) is 2.41. The van der Waals surface area contributed by atoms with Gasteiger partial charge in [-0.25, -0.2) is 4.79 Å². The maximum absolute atomic E-state index is 11.8. The Labute approximate surface area is 121 Å². The van der Waals surface area contributed by atoms with Crippen molar-refractivity contribution in [2.45, 2.75) is 38.1 Å². The zero-order valence-electron chi connectivity index (χ0n) is 12.4. The number of alkyl carbamates (subject to hydrolysis) is 1. The van der Waals surface area contributed by atoms with Gasteiger partial charge in [0.2, 0.25) is 0 Å². The summed E-state index contributed by atoms with van der Waals surface area (Å²) in [6.45, 7) is 7.12. The van der Waals surface area contributed by atoms with Gasteiger partial charge in [0.1, 0.15) is 6.29 Å². The minimum atomic E-state index is -1.20. The number of carbonyl (C=O) groups excluding carboxylic acids is 2. The van der Waals surface area contributed by atoms with Crippen molar-refractivity contribution in [1.82, 2.24) is 5.32 Å². The van der Waals surface area contributed by atoms with Crippen molar-refractivity contribution in [2.24, 2.45) is 0 Å². The van der Waals surface area contributed by atoms with Crippen LogP contribution in [0.25, 0.3) is 0 Å². The fourth-order valence-electron chi connectivity index (χ4n) is 1.69. The van der Waals surface area contributed by atoms with E-state index in [9.17, 15) is 9.59 Å². The van der Waals surface area contributed by atoms with Gasteiger partial charge in [-0.05, 0) is 11.6 Å². The topological polar surface area (TPSA) is 55.4 Å². The second-order valence-electron chi connectivity index (χ2n) is 5.96. The average molecular weight is 293 g/mol. The third kappa shape index (κ3) is 6.52. The zero-order chi connectivity index (χ0) is 15.0. The molecule has 0 aliphatic carbocycles. The number of carbonyl (C=O) groups is 2. The third-order valence-corrected chi connectivity index (χ3v) is 4.62. The Balaban J connectivity index is 2.50. The zero-order valence-corrected chi connectivity index (χ0v) is 13.4.